The van der Waals surface area contributed by atoms with Crippen LogP contribution >= 0.6 is 0 Å². The normalized spacial score (nSPS) is 10.7. The molecular formula is C11H13N3O4. The van der Waals surface area contributed by atoms with E-state index in [0.717, 1.165) is 18.7 Å². The molecule has 2 aromatic rings. The predicted molar refractivity (Wildman–Crippen MR) is 62.9 cm³/mol. The third-order valence-corrected chi connectivity index (χ3v) is 2.27. The topological polar surface area (TPSA) is 94.3 Å². The van der Waals surface area contributed by atoms with Crippen molar-refractivity contribution < 1.29 is 13.8 Å². The summed E-state index contributed by atoms with van der Waals surface area (Å²) in [6.07, 6.45) is 2.54. The van der Waals surface area contributed by atoms with Crippen LogP contribution in [0.1, 0.15) is 19.0 Å². The molecule has 0 saturated carbocycles. The first-order valence-electron chi connectivity index (χ1n) is 5.60. The van der Waals surface area contributed by atoms with Gasteiger partial charge < -0.3 is 14.2 Å². The smallest absolute Gasteiger partial charge is 0.433 e. The van der Waals surface area contributed by atoms with Crippen molar-refractivity contribution in [2.24, 2.45) is 0 Å². The van der Waals surface area contributed by atoms with Crippen LogP contribution < -0.4 is 5.32 Å². The van der Waals surface area contributed by atoms with Crippen molar-refractivity contribution in [1.82, 2.24) is 10.3 Å². The quantitative estimate of drug-likeness (QED) is 0.481. The van der Waals surface area contributed by atoms with Crippen LogP contribution in [0.4, 0.5) is 5.88 Å². The minimum absolute atomic E-state index is 0.247. The van der Waals surface area contributed by atoms with Crippen LogP contribution in [0.25, 0.3) is 11.7 Å². The van der Waals surface area contributed by atoms with E-state index < -0.39 is 4.92 Å². The molecule has 0 amide bonds. The zero-order chi connectivity index (χ0) is 13.0. The lowest BCUT2D eigenvalue weighted by Crippen LogP contribution is -2.13. The molecule has 2 heterocycles. The predicted octanol–water partition coefficient (Wildman–Crippen LogP) is 2.34. The van der Waals surface area contributed by atoms with Gasteiger partial charge in [0.05, 0.1) is 11.8 Å². The molecule has 1 N–H and O–H groups in total. The first kappa shape index (κ1) is 12.3. The molecule has 0 saturated heterocycles. The Morgan fingerprint density at radius 1 is 1.50 bits per heavy atom. The van der Waals surface area contributed by atoms with Gasteiger partial charge in [-0.3, -0.25) is 10.1 Å². The maximum absolute atomic E-state index is 10.5. The van der Waals surface area contributed by atoms with Crippen molar-refractivity contribution in [3.05, 3.63) is 34.2 Å². The van der Waals surface area contributed by atoms with Crippen LogP contribution in [0, 0.1) is 10.1 Å². The monoisotopic (exact) mass is 251 g/mol. The fraction of sp³-hybridized carbons (Fsp3) is 0.364. The summed E-state index contributed by atoms with van der Waals surface area (Å²) < 4.78 is 10.2. The SMILES string of the molecule is CCCNCc1coc(-c2ccc([N+](=O)[O-])o2)n1. The van der Waals surface area contributed by atoms with E-state index >= 15 is 0 Å². The molecule has 0 bridgehead atoms. The standard InChI is InChI=1S/C11H13N3O4/c1-2-5-12-6-8-7-17-11(13-8)9-3-4-10(18-9)14(15)16/h3-4,7,12H,2,5-6H2,1H3. The molecule has 0 unspecified atom stereocenters. The molecule has 0 spiro atoms. The maximum atomic E-state index is 10.5. The number of hydrogen-bond donors (Lipinski definition) is 1. The van der Waals surface area contributed by atoms with Gasteiger partial charge in [0, 0.05) is 6.54 Å². The summed E-state index contributed by atoms with van der Waals surface area (Å²) in [7, 11) is 0. The molecular weight excluding hydrogens is 238 g/mol. The Morgan fingerprint density at radius 3 is 3.00 bits per heavy atom. The number of hydrogen-bond acceptors (Lipinski definition) is 6. The summed E-state index contributed by atoms with van der Waals surface area (Å²) in [6, 6.07) is 2.74. The van der Waals surface area contributed by atoms with Gasteiger partial charge in [0.15, 0.2) is 5.76 Å². The largest absolute Gasteiger partial charge is 0.442 e. The summed E-state index contributed by atoms with van der Waals surface area (Å²) >= 11 is 0. The van der Waals surface area contributed by atoms with Gasteiger partial charge in [-0.1, -0.05) is 6.92 Å². The molecule has 0 aromatic carbocycles. The van der Waals surface area contributed by atoms with Crippen molar-refractivity contribution in [1.29, 1.82) is 0 Å². The number of aromatic nitrogens is 1. The first-order valence-corrected chi connectivity index (χ1v) is 5.60. The van der Waals surface area contributed by atoms with Gasteiger partial charge in [-0.15, -0.1) is 0 Å². The molecule has 0 aliphatic carbocycles. The van der Waals surface area contributed by atoms with Crippen molar-refractivity contribution in [2.75, 3.05) is 6.54 Å². The molecule has 0 aliphatic heterocycles. The Hall–Kier alpha value is -2.15. The summed E-state index contributed by atoms with van der Waals surface area (Å²) in [5.74, 6) is 0.175. The van der Waals surface area contributed by atoms with E-state index in [1.165, 1.54) is 18.4 Å². The molecule has 2 rings (SSSR count). The van der Waals surface area contributed by atoms with Gasteiger partial charge in [0.2, 0.25) is 0 Å². The molecule has 18 heavy (non-hydrogen) atoms. The Kier molecular flexibility index (Phi) is 3.73. The van der Waals surface area contributed by atoms with E-state index in [4.69, 9.17) is 8.83 Å². The second kappa shape index (κ2) is 5.46. The first-order chi connectivity index (χ1) is 8.70. The number of nitrogens with one attached hydrogen (secondary N) is 1. The number of nitrogens with zero attached hydrogens (tertiary/aromatic N) is 2. The summed E-state index contributed by atoms with van der Waals surface area (Å²) in [4.78, 5) is 14.1. The van der Waals surface area contributed by atoms with E-state index in [1.807, 2.05) is 0 Å². The lowest BCUT2D eigenvalue weighted by Gasteiger charge is -1.96. The molecule has 0 aliphatic rings. The Bertz CT molecular complexity index is 532. The van der Waals surface area contributed by atoms with E-state index in [1.54, 1.807) is 0 Å². The average Bonchev–Trinajstić information content (AvgIpc) is 2.97. The lowest BCUT2D eigenvalue weighted by molar-refractivity contribution is -0.401. The fourth-order valence-corrected chi connectivity index (χ4v) is 1.44. The number of furan rings is 1. The van der Waals surface area contributed by atoms with Crippen molar-refractivity contribution in [3.8, 4) is 11.7 Å². The lowest BCUT2D eigenvalue weighted by atomic mass is 10.4. The van der Waals surface area contributed by atoms with Crippen LogP contribution in [-0.4, -0.2) is 16.5 Å². The van der Waals surface area contributed by atoms with Crippen molar-refractivity contribution >= 4 is 5.88 Å². The summed E-state index contributed by atoms with van der Waals surface area (Å²) in [6.45, 7) is 3.57. The molecule has 96 valence electrons. The highest BCUT2D eigenvalue weighted by Crippen LogP contribution is 2.25. The van der Waals surface area contributed by atoms with Crippen LogP contribution in [0.5, 0.6) is 0 Å². The molecule has 7 heteroatoms. The Morgan fingerprint density at radius 2 is 2.33 bits per heavy atom. The number of rotatable bonds is 6. The highest BCUT2D eigenvalue weighted by molar-refractivity contribution is 5.46. The Balaban J connectivity index is 2.06. The zero-order valence-electron chi connectivity index (χ0n) is 9.88. The third-order valence-electron chi connectivity index (χ3n) is 2.27. The molecule has 0 fully saturated rings. The zero-order valence-corrected chi connectivity index (χ0v) is 9.88. The second-order valence-corrected chi connectivity index (χ2v) is 3.72. The minimum Gasteiger partial charge on any atom is -0.442 e. The average molecular weight is 251 g/mol. The van der Waals surface area contributed by atoms with Gasteiger partial charge in [-0.25, -0.2) is 4.98 Å². The van der Waals surface area contributed by atoms with E-state index in [2.05, 4.69) is 17.2 Å². The summed E-state index contributed by atoms with van der Waals surface area (Å²) in [5, 5.41) is 13.7. The second-order valence-electron chi connectivity index (χ2n) is 3.72. The van der Waals surface area contributed by atoms with Crippen LogP contribution in [0.2, 0.25) is 0 Å². The number of oxazole rings is 1. The van der Waals surface area contributed by atoms with Gasteiger partial charge in [0.25, 0.3) is 5.89 Å². The highest BCUT2D eigenvalue weighted by atomic mass is 16.6. The van der Waals surface area contributed by atoms with Crippen LogP contribution in [-0.2, 0) is 6.54 Å². The maximum Gasteiger partial charge on any atom is 0.433 e. The van der Waals surface area contributed by atoms with Gasteiger partial charge in [-0.2, -0.15) is 0 Å². The summed E-state index contributed by atoms with van der Waals surface area (Å²) in [5.41, 5.74) is 0.734. The Labute approximate surface area is 103 Å². The molecule has 7 nitrogen and oxygen atoms in total. The molecule has 2 aromatic heterocycles. The van der Waals surface area contributed by atoms with Crippen molar-refractivity contribution in [3.63, 3.8) is 0 Å². The molecule has 0 atom stereocenters. The van der Waals surface area contributed by atoms with E-state index in [0.29, 0.717) is 6.54 Å². The number of nitro groups is 1. The minimum atomic E-state index is -0.601. The van der Waals surface area contributed by atoms with Crippen molar-refractivity contribution in [2.45, 2.75) is 19.9 Å². The van der Waals surface area contributed by atoms with Crippen LogP contribution in [0.3, 0.4) is 0 Å². The van der Waals surface area contributed by atoms with Gasteiger partial charge in [0.1, 0.15) is 11.2 Å². The van der Waals surface area contributed by atoms with Crippen LogP contribution in [0.15, 0.2) is 27.2 Å². The fourth-order valence-electron chi connectivity index (χ4n) is 1.44. The van der Waals surface area contributed by atoms with Gasteiger partial charge >= 0.3 is 5.88 Å². The highest BCUT2D eigenvalue weighted by Gasteiger charge is 2.16. The molecule has 0 radical (unpaired) electrons. The third kappa shape index (κ3) is 2.75. The van der Waals surface area contributed by atoms with Gasteiger partial charge in [-0.05, 0) is 19.0 Å². The van der Waals surface area contributed by atoms with E-state index in [-0.39, 0.29) is 17.5 Å². The van der Waals surface area contributed by atoms with E-state index in [9.17, 15) is 10.1 Å².